The molecule has 8 nitrogen and oxygen atoms in total. The minimum atomic E-state index is -0.604. The zero-order chi connectivity index (χ0) is 25.8. The first-order chi connectivity index (χ1) is 17.8. The van der Waals surface area contributed by atoms with Gasteiger partial charge in [-0.2, -0.15) is 0 Å². The molecule has 0 bridgehead atoms. The van der Waals surface area contributed by atoms with Gasteiger partial charge in [-0.3, -0.25) is 24.5 Å². The monoisotopic (exact) mass is 498 g/mol. The van der Waals surface area contributed by atoms with Crippen LogP contribution in [-0.2, 0) is 23.2 Å². The van der Waals surface area contributed by atoms with E-state index in [-0.39, 0.29) is 24.1 Å². The summed E-state index contributed by atoms with van der Waals surface area (Å²) in [5.41, 5.74) is 5.57. The SMILES string of the molecule is Cc1c(C(=O)N2CCC(c3ccc4c(c3)CN(C3CCC(=O)NC3=O)C4=O)CC2)n(C)c2ccccc12. The fourth-order valence-electron chi connectivity index (χ4n) is 6.30. The van der Waals surface area contributed by atoms with Gasteiger partial charge in [-0.1, -0.05) is 30.3 Å². The number of para-hydroxylation sites is 1. The highest BCUT2D eigenvalue weighted by Gasteiger charge is 2.39. The van der Waals surface area contributed by atoms with E-state index in [1.807, 2.05) is 53.8 Å². The summed E-state index contributed by atoms with van der Waals surface area (Å²) in [7, 11) is 1.96. The Morgan fingerprint density at radius 2 is 1.76 bits per heavy atom. The van der Waals surface area contributed by atoms with Crippen molar-refractivity contribution in [3.8, 4) is 0 Å². The average molecular weight is 499 g/mol. The molecule has 190 valence electrons. The van der Waals surface area contributed by atoms with Crippen LogP contribution in [0.5, 0.6) is 0 Å². The number of hydrogen-bond acceptors (Lipinski definition) is 4. The zero-order valence-electron chi connectivity index (χ0n) is 21.1. The quantitative estimate of drug-likeness (QED) is 0.561. The van der Waals surface area contributed by atoms with E-state index >= 15 is 0 Å². The fraction of sp³-hybridized carbons (Fsp3) is 0.379. The molecule has 0 spiro atoms. The van der Waals surface area contributed by atoms with E-state index in [0.29, 0.717) is 37.5 Å². The first-order valence-electron chi connectivity index (χ1n) is 12.9. The van der Waals surface area contributed by atoms with Crippen LogP contribution in [0.3, 0.4) is 0 Å². The number of imide groups is 1. The Hall–Kier alpha value is -3.94. The number of hydrogen-bond donors (Lipinski definition) is 1. The van der Waals surface area contributed by atoms with Crippen molar-refractivity contribution in [1.29, 1.82) is 0 Å². The molecule has 4 amide bonds. The Morgan fingerprint density at radius 3 is 2.49 bits per heavy atom. The molecule has 1 aromatic heterocycles. The number of nitrogens with zero attached hydrogens (tertiary/aromatic N) is 3. The molecule has 6 rings (SSSR count). The number of aryl methyl sites for hydroxylation is 2. The van der Waals surface area contributed by atoms with Gasteiger partial charge in [-0.15, -0.1) is 0 Å². The second kappa shape index (κ2) is 8.87. The van der Waals surface area contributed by atoms with Crippen LogP contribution in [0.25, 0.3) is 10.9 Å². The minimum Gasteiger partial charge on any atom is -0.339 e. The van der Waals surface area contributed by atoms with E-state index < -0.39 is 11.9 Å². The van der Waals surface area contributed by atoms with Gasteiger partial charge in [0.15, 0.2) is 0 Å². The van der Waals surface area contributed by atoms with Crippen LogP contribution in [0.4, 0.5) is 0 Å². The molecular weight excluding hydrogens is 468 g/mol. The van der Waals surface area contributed by atoms with Gasteiger partial charge in [0.05, 0.1) is 0 Å². The first-order valence-corrected chi connectivity index (χ1v) is 12.9. The summed E-state index contributed by atoms with van der Waals surface area (Å²) in [4.78, 5) is 53.9. The maximum Gasteiger partial charge on any atom is 0.270 e. The topological polar surface area (TPSA) is 91.7 Å². The molecule has 3 aliphatic heterocycles. The molecule has 1 N–H and O–H groups in total. The summed E-state index contributed by atoms with van der Waals surface area (Å²) in [5.74, 6) is -0.442. The summed E-state index contributed by atoms with van der Waals surface area (Å²) >= 11 is 0. The molecule has 4 heterocycles. The van der Waals surface area contributed by atoms with E-state index in [4.69, 9.17) is 0 Å². The number of aromatic nitrogens is 1. The summed E-state index contributed by atoms with van der Waals surface area (Å²) < 4.78 is 2.00. The lowest BCUT2D eigenvalue weighted by atomic mass is 9.87. The van der Waals surface area contributed by atoms with Crippen LogP contribution >= 0.6 is 0 Å². The second-order valence-electron chi connectivity index (χ2n) is 10.4. The van der Waals surface area contributed by atoms with Crippen molar-refractivity contribution in [2.24, 2.45) is 7.05 Å². The van der Waals surface area contributed by atoms with Gasteiger partial charge in [-0.25, -0.2) is 0 Å². The number of piperidine rings is 2. The van der Waals surface area contributed by atoms with Gasteiger partial charge in [0, 0.05) is 49.6 Å². The summed E-state index contributed by atoms with van der Waals surface area (Å²) in [6.07, 6.45) is 2.33. The molecule has 3 aliphatic rings. The number of carbonyl (C=O) groups is 4. The molecule has 1 atom stereocenters. The molecule has 2 saturated heterocycles. The van der Waals surface area contributed by atoms with Crippen LogP contribution in [0.2, 0.25) is 0 Å². The van der Waals surface area contributed by atoms with Crippen molar-refractivity contribution < 1.29 is 19.2 Å². The van der Waals surface area contributed by atoms with Crippen LogP contribution < -0.4 is 5.32 Å². The van der Waals surface area contributed by atoms with Gasteiger partial charge in [0.2, 0.25) is 11.8 Å². The number of nitrogens with one attached hydrogen (secondary N) is 1. The fourth-order valence-corrected chi connectivity index (χ4v) is 6.30. The molecule has 37 heavy (non-hydrogen) atoms. The molecule has 0 radical (unpaired) electrons. The molecule has 0 saturated carbocycles. The number of amides is 4. The Labute approximate surface area is 215 Å². The van der Waals surface area contributed by atoms with Gasteiger partial charge in [0.1, 0.15) is 11.7 Å². The van der Waals surface area contributed by atoms with E-state index in [2.05, 4.69) is 17.4 Å². The Morgan fingerprint density at radius 1 is 1.00 bits per heavy atom. The number of rotatable bonds is 3. The number of carbonyl (C=O) groups excluding carboxylic acids is 4. The van der Waals surface area contributed by atoms with E-state index in [1.165, 1.54) is 5.56 Å². The van der Waals surface area contributed by atoms with E-state index in [0.717, 1.165) is 40.6 Å². The molecule has 1 unspecified atom stereocenters. The third kappa shape index (κ3) is 3.82. The molecule has 2 fully saturated rings. The smallest absolute Gasteiger partial charge is 0.270 e. The maximum absolute atomic E-state index is 13.5. The van der Waals surface area contributed by atoms with Gasteiger partial charge in [-0.05, 0) is 60.9 Å². The zero-order valence-corrected chi connectivity index (χ0v) is 21.1. The number of likely N-dealkylation sites (tertiary alicyclic amines) is 1. The predicted molar refractivity (Wildman–Crippen MR) is 138 cm³/mol. The van der Waals surface area contributed by atoms with Crippen molar-refractivity contribution in [2.45, 2.75) is 51.1 Å². The standard InChI is InChI=1S/C29H30N4O4/c1-17-21-5-3-4-6-23(21)31(2)26(17)29(37)32-13-11-18(12-14-32)19-7-8-22-20(15-19)16-33(28(22)36)24-9-10-25(34)30-27(24)35/h3-8,15,18,24H,9-14,16H2,1-2H3,(H,30,34,35). The van der Waals surface area contributed by atoms with Crippen molar-refractivity contribution in [3.05, 3.63) is 70.4 Å². The van der Waals surface area contributed by atoms with Gasteiger partial charge >= 0.3 is 0 Å². The van der Waals surface area contributed by atoms with Gasteiger partial charge < -0.3 is 14.4 Å². The Bertz CT molecular complexity index is 1430. The van der Waals surface area contributed by atoms with Crippen molar-refractivity contribution >= 4 is 34.5 Å². The van der Waals surface area contributed by atoms with E-state index in [1.54, 1.807) is 4.90 Å². The minimum absolute atomic E-state index is 0.0779. The van der Waals surface area contributed by atoms with Crippen LogP contribution in [0, 0.1) is 6.92 Å². The van der Waals surface area contributed by atoms with E-state index in [9.17, 15) is 19.2 Å². The highest BCUT2D eigenvalue weighted by atomic mass is 16.2. The third-order valence-electron chi connectivity index (χ3n) is 8.36. The highest BCUT2D eigenvalue weighted by molar-refractivity contribution is 6.05. The molecule has 3 aromatic rings. The lowest BCUT2D eigenvalue weighted by Gasteiger charge is -2.32. The average Bonchev–Trinajstić information content (AvgIpc) is 3.36. The maximum atomic E-state index is 13.5. The normalized spacial score (nSPS) is 20.5. The third-order valence-corrected chi connectivity index (χ3v) is 8.36. The summed E-state index contributed by atoms with van der Waals surface area (Å²) in [6.45, 7) is 3.77. The Kier molecular flexibility index (Phi) is 5.62. The number of fused-ring (bicyclic) bond motifs is 2. The van der Waals surface area contributed by atoms with Crippen LogP contribution in [-0.4, -0.2) is 57.1 Å². The molecule has 2 aromatic carbocycles. The van der Waals surface area contributed by atoms with Crippen molar-refractivity contribution in [3.63, 3.8) is 0 Å². The first kappa shape index (κ1) is 23.5. The predicted octanol–water partition coefficient (Wildman–Crippen LogP) is 3.27. The molecular formula is C29H30N4O4. The Balaban J connectivity index is 1.15. The summed E-state index contributed by atoms with van der Waals surface area (Å²) in [6, 6.07) is 13.5. The lowest BCUT2D eigenvalue weighted by Crippen LogP contribution is -2.52. The molecule has 0 aliphatic carbocycles. The van der Waals surface area contributed by atoms with Crippen LogP contribution in [0.15, 0.2) is 42.5 Å². The summed E-state index contributed by atoms with van der Waals surface area (Å²) in [5, 5.41) is 3.46. The van der Waals surface area contributed by atoms with Crippen molar-refractivity contribution in [2.75, 3.05) is 13.1 Å². The van der Waals surface area contributed by atoms with Crippen LogP contribution in [0.1, 0.15) is 69.1 Å². The highest BCUT2D eigenvalue weighted by Crippen LogP contribution is 2.34. The van der Waals surface area contributed by atoms with Crippen molar-refractivity contribution in [1.82, 2.24) is 19.7 Å². The second-order valence-corrected chi connectivity index (χ2v) is 10.4. The largest absolute Gasteiger partial charge is 0.339 e. The lowest BCUT2D eigenvalue weighted by molar-refractivity contribution is -0.136. The number of benzene rings is 2. The molecule has 8 heteroatoms. The van der Waals surface area contributed by atoms with Gasteiger partial charge in [0.25, 0.3) is 11.8 Å².